The van der Waals surface area contributed by atoms with E-state index in [0.29, 0.717) is 11.6 Å². The van der Waals surface area contributed by atoms with Crippen molar-refractivity contribution in [1.29, 1.82) is 0 Å². The van der Waals surface area contributed by atoms with Crippen molar-refractivity contribution in [3.05, 3.63) is 40.4 Å². The Labute approximate surface area is 115 Å². The minimum absolute atomic E-state index is 0.0503. The predicted octanol–water partition coefficient (Wildman–Crippen LogP) is 1.50. The summed E-state index contributed by atoms with van der Waals surface area (Å²) in [4.78, 5) is 12.2. The Bertz CT molecular complexity index is 610. The van der Waals surface area contributed by atoms with Crippen LogP contribution in [0.3, 0.4) is 0 Å². The Balaban J connectivity index is 1.69. The van der Waals surface area contributed by atoms with Gasteiger partial charge in [-0.2, -0.15) is 0 Å². The Morgan fingerprint density at radius 3 is 2.89 bits per heavy atom. The number of anilines is 1. The third kappa shape index (κ3) is 2.64. The van der Waals surface area contributed by atoms with Crippen molar-refractivity contribution in [2.75, 3.05) is 5.32 Å². The van der Waals surface area contributed by atoms with Gasteiger partial charge >= 0.3 is 0 Å². The van der Waals surface area contributed by atoms with E-state index in [9.17, 15) is 4.79 Å². The molecule has 0 spiro atoms. The second-order valence-electron chi connectivity index (χ2n) is 4.52. The molecule has 1 aliphatic rings. The van der Waals surface area contributed by atoms with E-state index in [1.807, 2.05) is 19.1 Å². The van der Waals surface area contributed by atoms with Gasteiger partial charge in [0, 0.05) is 6.54 Å². The molecule has 6 heteroatoms. The molecule has 1 aromatic heterocycles. The van der Waals surface area contributed by atoms with Crippen LogP contribution in [0.2, 0.25) is 0 Å². The lowest BCUT2D eigenvalue weighted by atomic mass is 9.95. The van der Waals surface area contributed by atoms with E-state index >= 15 is 0 Å². The van der Waals surface area contributed by atoms with E-state index in [4.69, 9.17) is 0 Å². The van der Waals surface area contributed by atoms with Crippen LogP contribution in [0.4, 0.5) is 5.13 Å². The summed E-state index contributed by atoms with van der Waals surface area (Å²) in [5, 5.41) is 15.2. The maximum Gasteiger partial charge on any atom is 0.243 e. The summed E-state index contributed by atoms with van der Waals surface area (Å²) in [5.74, 6) is -0.0503. The van der Waals surface area contributed by atoms with Crippen LogP contribution in [0.1, 0.15) is 16.1 Å². The summed E-state index contributed by atoms with van der Waals surface area (Å²) in [6.07, 6.45) is 0.708. The third-order valence-electron chi connectivity index (χ3n) is 3.15. The molecule has 19 heavy (non-hydrogen) atoms. The molecular formula is C13H14N4OS. The van der Waals surface area contributed by atoms with E-state index in [0.717, 1.165) is 11.6 Å². The fourth-order valence-corrected chi connectivity index (χ4v) is 2.77. The molecule has 5 nitrogen and oxygen atoms in total. The largest absolute Gasteiger partial charge is 0.301 e. The number of amides is 1. The highest BCUT2D eigenvalue weighted by molar-refractivity contribution is 7.15. The van der Waals surface area contributed by atoms with Crippen LogP contribution in [-0.2, 0) is 17.8 Å². The van der Waals surface area contributed by atoms with Crippen LogP contribution >= 0.6 is 11.3 Å². The number of aromatic nitrogens is 2. The van der Waals surface area contributed by atoms with Crippen LogP contribution < -0.4 is 10.6 Å². The molecule has 0 saturated carbocycles. The summed E-state index contributed by atoms with van der Waals surface area (Å²) in [6, 6.07) is 7.98. The van der Waals surface area contributed by atoms with Gasteiger partial charge in [0.15, 0.2) is 0 Å². The molecule has 2 heterocycles. The molecule has 1 aromatic carbocycles. The summed E-state index contributed by atoms with van der Waals surface area (Å²) in [6.45, 7) is 2.59. The van der Waals surface area contributed by atoms with Gasteiger partial charge in [0.25, 0.3) is 0 Å². The second-order valence-corrected chi connectivity index (χ2v) is 5.70. The van der Waals surface area contributed by atoms with E-state index < -0.39 is 0 Å². The summed E-state index contributed by atoms with van der Waals surface area (Å²) in [7, 11) is 0. The fraction of sp³-hybridized carbons (Fsp3) is 0.308. The van der Waals surface area contributed by atoms with Gasteiger partial charge in [-0.25, -0.2) is 0 Å². The molecule has 1 aliphatic heterocycles. The van der Waals surface area contributed by atoms with Crippen molar-refractivity contribution in [2.45, 2.75) is 25.9 Å². The topological polar surface area (TPSA) is 66.9 Å². The molecule has 3 rings (SSSR count). The lowest BCUT2D eigenvalue weighted by molar-refractivity contribution is -0.118. The maximum atomic E-state index is 12.2. The van der Waals surface area contributed by atoms with E-state index in [1.165, 1.54) is 22.5 Å². The highest BCUT2D eigenvalue weighted by atomic mass is 32.1. The van der Waals surface area contributed by atoms with Crippen molar-refractivity contribution < 1.29 is 4.79 Å². The maximum absolute atomic E-state index is 12.2. The minimum Gasteiger partial charge on any atom is -0.301 e. The smallest absolute Gasteiger partial charge is 0.243 e. The zero-order chi connectivity index (χ0) is 13.2. The molecule has 1 unspecified atom stereocenters. The highest BCUT2D eigenvalue weighted by Gasteiger charge is 2.24. The first kappa shape index (κ1) is 12.3. The molecule has 98 valence electrons. The van der Waals surface area contributed by atoms with Crippen molar-refractivity contribution in [1.82, 2.24) is 15.5 Å². The number of aryl methyl sites for hydroxylation is 1. The summed E-state index contributed by atoms with van der Waals surface area (Å²) >= 11 is 1.38. The molecule has 1 amide bonds. The summed E-state index contributed by atoms with van der Waals surface area (Å²) in [5.41, 5.74) is 2.49. The highest BCUT2D eigenvalue weighted by Crippen LogP contribution is 2.18. The fourth-order valence-electron chi connectivity index (χ4n) is 2.18. The number of benzene rings is 1. The number of carbonyl (C=O) groups is 1. The quantitative estimate of drug-likeness (QED) is 0.871. The Hall–Kier alpha value is -1.79. The van der Waals surface area contributed by atoms with Crippen LogP contribution in [0, 0.1) is 6.92 Å². The third-order valence-corrected chi connectivity index (χ3v) is 3.91. The zero-order valence-electron chi connectivity index (χ0n) is 10.5. The van der Waals surface area contributed by atoms with Crippen molar-refractivity contribution in [2.24, 2.45) is 0 Å². The van der Waals surface area contributed by atoms with Gasteiger partial charge in [0.05, 0.1) is 6.04 Å². The van der Waals surface area contributed by atoms with Crippen LogP contribution in [0.15, 0.2) is 24.3 Å². The average molecular weight is 274 g/mol. The number of hydrogen-bond acceptors (Lipinski definition) is 5. The second kappa shape index (κ2) is 5.07. The monoisotopic (exact) mass is 274 g/mol. The summed E-state index contributed by atoms with van der Waals surface area (Å²) < 4.78 is 0. The van der Waals surface area contributed by atoms with Gasteiger partial charge in [-0.1, -0.05) is 35.6 Å². The van der Waals surface area contributed by atoms with E-state index in [1.54, 1.807) is 0 Å². The van der Waals surface area contributed by atoms with Crippen LogP contribution in [0.5, 0.6) is 0 Å². The van der Waals surface area contributed by atoms with Crippen molar-refractivity contribution in [3.8, 4) is 0 Å². The normalized spacial score (nSPS) is 17.8. The van der Waals surface area contributed by atoms with Gasteiger partial charge in [-0.15, -0.1) is 10.2 Å². The molecule has 0 aliphatic carbocycles. The zero-order valence-corrected chi connectivity index (χ0v) is 11.3. The number of rotatable bonds is 2. The van der Waals surface area contributed by atoms with Gasteiger partial charge in [0.1, 0.15) is 5.01 Å². The van der Waals surface area contributed by atoms with E-state index in [-0.39, 0.29) is 11.9 Å². The molecule has 2 N–H and O–H groups in total. The van der Waals surface area contributed by atoms with Gasteiger partial charge in [-0.3, -0.25) is 10.1 Å². The Kier molecular flexibility index (Phi) is 3.27. The first-order valence-corrected chi connectivity index (χ1v) is 6.95. The van der Waals surface area contributed by atoms with Crippen molar-refractivity contribution >= 4 is 22.4 Å². The number of nitrogens with zero attached hydrogens (tertiary/aromatic N) is 2. The molecule has 2 aromatic rings. The average Bonchev–Trinajstić information content (AvgIpc) is 2.83. The first-order chi connectivity index (χ1) is 9.22. The minimum atomic E-state index is -0.209. The van der Waals surface area contributed by atoms with Gasteiger partial charge in [-0.05, 0) is 24.5 Å². The van der Waals surface area contributed by atoms with Crippen LogP contribution in [0.25, 0.3) is 0 Å². The number of nitrogens with one attached hydrogen (secondary N) is 2. The Morgan fingerprint density at radius 1 is 1.37 bits per heavy atom. The molecule has 0 fully saturated rings. The molecule has 1 atom stereocenters. The standard InChI is InChI=1S/C13H14N4OS/c1-8-16-17-13(19-8)15-12(18)11-6-9-4-2-3-5-10(9)7-14-11/h2-5,11,14H,6-7H2,1H3,(H,15,17,18). The molecule has 0 saturated heterocycles. The van der Waals surface area contributed by atoms with Crippen molar-refractivity contribution in [3.63, 3.8) is 0 Å². The van der Waals surface area contributed by atoms with E-state index in [2.05, 4.69) is 33.0 Å². The molecular weight excluding hydrogens is 260 g/mol. The SMILES string of the molecule is Cc1nnc(NC(=O)C2Cc3ccccc3CN2)s1. The lowest BCUT2D eigenvalue weighted by Crippen LogP contribution is -2.44. The number of hydrogen-bond donors (Lipinski definition) is 2. The number of fused-ring (bicyclic) bond motifs is 1. The molecule has 0 radical (unpaired) electrons. The van der Waals surface area contributed by atoms with Gasteiger partial charge in [0.2, 0.25) is 11.0 Å². The lowest BCUT2D eigenvalue weighted by Gasteiger charge is -2.24. The molecule has 0 bridgehead atoms. The van der Waals surface area contributed by atoms with Gasteiger partial charge < -0.3 is 5.32 Å². The first-order valence-electron chi connectivity index (χ1n) is 6.13. The predicted molar refractivity (Wildman–Crippen MR) is 74.0 cm³/mol. The Morgan fingerprint density at radius 2 is 2.16 bits per heavy atom. The van der Waals surface area contributed by atoms with Crippen LogP contribution in [-0.4, -0.2) is 22.1 Å². The number of carbonyl (C=O) groups excluding carboxylic acids is 1.